The van der Waals surface area contributed by atoms with Crippen molar-refractivity contribution in [1.82, 2.24) is 5.32 Å². The third-order valence-corrected chi connectivity index (χ3v) is 3.20. The number of aliphatic hydroxyl groups excluding tert-OH is 1. The molecule has 1 aromatic carbocycles. The molecule has 100 valence electrons. The molecule has 0 heterocycles. The first-order chi connectivity index (χ1) is 8.43. The van der Waals surface area contributed by atoms with Crippen molar-refractivity contribution in [3.63, 3.8) is 0 Å². The van der Waals surface area contributed by atoms with E-state index in [1.165, 1.54) is 30.8 Å². The number of rotatable bonds is 6. The normalized spacial score (nSPS) is 14.0. The van der Waals surface area contributed by atoms with Gasteiger partial charge in [-0.1, -0.05) is 0 Å². The lowest BCUT2D eigenvalue weighted by molar-refractivity contribution is -0.120. The van der Waals surface area contributed by atoms with Crippen molar-refractivity contribution in [2.45, 2.75) is 17.4 Å². The van der Waals surface area contributed by atoms with E-state index in [1.807, 2.05) is 0 Å². The maximum Gasteiger partial charge on any atom is 0.230 e. The van der Waals surface area contributed by atoms with Crippen molar-refractivity contribution in [2.24, 2.45) is 0 Å². The van der Waals surface area contributed by atoms with Crippen LogP contribution in [0, 0.1) is 5.82 Å². The summed E-state index contributed by atoms with van der Waals surface area (Å²) in [6, 6.07) is 5.85. The number of thioether (sulfide) groups is 1. The van der Waals surface area contributed by atoms with Crippen LogP contribution in [0.5, 0.6) is 0 Å². The fraction of sp³-hybridized carbons (Fsp3) is 0.417. The van der Waals surface area contributed by atoms with Crippen LogP contribution in [0.4, 0.5) is 4.39 Å². The number of nitrogens with one attached hydrogen (secondary N) is 1. The first kappa shape index (κ1) is 14.9. The molecule has 0 aliphatic rings. The maximum atomic E-state index is 12.6. The molecule has 0 bridgehead atoms. The van der Waals surface area contributed by atoms with Crippen LogP contribution < -0.4 is 5.32 Å². The van der Waals surface area contributed by atoms with E-state index < -0.39 is 12.2 Å². The molecule has 1 amide bonds. The fourth-order valence-corrected chi connectivity index (χ4v) is 1.80. The van der Waals surface area contributed by atoms with Gasteiger partial charge in [-0.15, -0.1) is 11.8 Å². The monoisotopic (exact) mass is 273 g/mol. The van der Waals surface area contributed by atoms with Crippen molar-refractivity contribution in [3.05, 3.63) is 30.1 Å². The Kier molecular flexibility index (Phi) is 5.58. The number of hydrogen-bond donors (Lipinski definition) is 3. The minimum atomic E-state index is -1.31. The molecule has 3 N–H and O–H groups in total. The SMILES string of the molecule is CC(O)(CO)CNC(=O)CSc1ccc(F)cc1. The third-order valence-electron chi connectivity index (χ3n) is 2.19. The Hall–Kier alpha value is -1.11. The summed E-state index contributed by atoms with van der Waals surface area (Å²) < 4.78 is 12.6. The van der Waals surface area contributed by atoms with Gasteiger partial charge in [-0.05, 0) is 31.2 Å². The van der Waals surface area contributed by atoms with Gasteiger partial charge in [0.2, 0.25) is 5.91 Å². The number of halogens is 1. The first-order valence-corrected chi connectivity index (χ1v) is 6.40. The highest BCUT2D eigenvalue weighted by Gasteiger charge is 2.19. The van der Waals surface area contributed by atoms with Crippen LogP contribution in [-0.2, 0) is 4.79 Å². The molecular formula is C12H16FNO3S. The minimum Gasteiger partial charge on any atom is -0.393 e. The second kappa shape index (κ2) is 6.72. The molecular weight excluding hydrogens is 257 g/mol. The highest BCUT2D eigenvalue weighted by molar-refractivity contribution is 8.00. The minimum absolute atomic E-state index is 0.00763. The lowest BCUT2D eigenvalue weighted by Crippen LogP contribution is -2.43. The Morgan fingerprint density at radius 2 is 2.06 bits per heavy atom. The molecule has 6 heteroatoms. The predicted octanol–water partition coefficient (Wildman–Crippen LogP) is 0.777. The second-order valence-electron chi connectivity index (χ2n) is 4.17. The van der Waals surface area contributed by atoms with Gasteiger partial charge >= 0.3 is 0 Å². The van der Waals surface area contributed by atoms with Crippen LogP contribution in [0.3, 0.4) is 0 Å². The lowest BCUT2D eigenvalue weighted by Gasteiger charge is -2.20. The van der Waals surface area contributed by atoms with Gasteiger partial charge in [-0.2, -0.15) is 0 Å². The Morgan fingerprint density at radius 1 is 1.44 bits per heavy atom. The largest absolute Gasteiger partial charge is 0.393 e. The Balaban J connectivity index is 2.31. The van der Waals surface area contributed by atoms with Gasteiger partial charge in [0.05, 0.1) is 12.4 Å². The quantitative estimate of drug-likeness (QED) is 0.670. The highest BCUT2D eigenvalue weighted by Crippen LogP contribution is 2.17. The van der Waals surface area contributed by atoms with Crippen molar-refractivity contribution in [3.8, 4) is 0 Å². The van der Waals surface area contributed by atoms with Gasteiger partial charge in [-0.3, -0.25) is 4.79 Å². The Bertz CT molecular complexity index is 395. The van der Waals surface area contributed by atoms with Gasteiger partial charge in [0.25, 0.3) is 0 Å². The standard InChI is InChI=1S/C12H16FNO3S/c1-12(17,8-15)7-14-11(16)6-18-10-4-2-9(13)3-5-10/h2-5,15,17H,6-8H2,1H3,(H,14,16). The molecule has 1 unspecified atom stereocenters. The smallest absolute Gasteiger partial charge is 0.230 e. The molecule has 4 nitrogen and oxygen atoms in total. The van der Waals surface area contributed by atoms with Crippen LogP contribution >= 0.6 is 11.8 Å². The lowest BCUT2D eigenvalue weighted by atomic mass is 10.1. The number of benzene rings is 1. The zero-order chi connectivity index (χ0) is 13.6. The van der Waals surface area contributed by atoms with E-state index in [0.717, 1.165) is 4.90 Å². The zero-order valence-corrected chi connectivity index (χ0v) is 10.8. The number of carbonyl (C=O) groups is 1. The third kappa shape index (κ3) is 5.48. The number of hydrogen-bond acceptors (Lipinski definition) is 4. The van der Waals surface area contributed by atoms with E-state index in [1.54, 1.807) is 12.1 Å². The summed E-state index contributed by atoms with van der Waals surface area (Å²) in [5.41, 5.74) is -1.31. The molecule has 0 saturated heterocycles. The number of amides is 1. The van der Waals surface area contributed by atoms with E-state index >= 15 is 0 Å². The topological polar surface area (TPSA) is 69.6 Å². The van der Waals surface area contributed by atoms with E-state index in [-0.39, 0.29) is 24.0 Å². The van der Waals surface area contributed by atoms with E-state index in [0.29, 0.717) is 0 Å². The molecule has 0 aromatic heterocycles. The maximum absolute atomic E-state index is 12.6. The van der Waals surface area contributed by atoms with Crippen molar-refractivity contribution in [2.75, 3.05) is 18.9 Å². The van der Waals surface area contributed by atoms with Gasteiger partial charge in [0, 0.05) is 11.4 Å². The molecule has 1 atom stereocenters. The summed E-state index contributed by atoms with van der Waals surface area (Å²) >= 11 is 1.27. The van der Waals surface area contributed by atoms with E-state index in [4.69, 9.17) is 5.11 Å². The van der Waals surface area contributed by atoms with Crippen LogP contribution in [0.2, 0.25) is 0 Å². The van der Waals surface area contributed by atoms with Crippen LogP contribution in [-0.4, -0.2) is 40.6 Å². The number of aliphatic hydroxyl groups is 2. The molecule has 18 heavy (non-hydrogen) atoms. The summed E-state index contributed by atoms with van der Waals surface area (Å²) in [6.45, 7) is 1.01. The molecule has 0 spiro atoms. The molecule has 0 saturated carbocycles. The van der Waals surface area contributed by atoms with Gasteiger partial charge in [-0.25, -0.2) is 4.39 Å². The summed E-state index contributed by atoms with van der Waals surface area (Å²) in [5, 5.41) is 20.8. The fourth-order valence-electron chi connectivity index (χ4n) is 1.08. The van der Waals surface area contributed by atoms with E-state index in [2.05, 4.69) is 5.32 Å². The highest BCUT2D eigenvalue weighted by atomic mass is 32.2. The molecule has 0 aliphatic heterocycles. The molecule has 1 rings (SSSR count). The summed E-state index contributed by atoms with van der Waals surface area (Å²) in [7, 11) is 0. The van der Waals surface area contributed by atoms with Gasteiger partial charge in [0.15, 0.2) is 0 Å². The van der Waals surface area contributed by atoms with E-state index in [9.17, 15) is 14.3 Å². The molecule has 0 aliphatic carbocycles. The molecule has 0 fully saturated rings. The summed E-state index contributed by atoms with van der Waals surface area (Å²) in [4.78, 5) is 12.2. The predicted molar refractivity (Wildman–Crippen MR) is 67.8 cm³/mol. The van der Waals surface area contributed by atoms with Crippen molar-refractivity contribution < 1.29 is 19.4 Å². The Labute approximate surface area is 109 Å². The average Bonchev–Trinajstić information content (AvgIpc) is 2.36. The van der Waals surface area contributed by atoms with Gasteiger partial charge in [0.1, 0.15) is 11.4 Å². The van der Waals surface area contributed by atoms with Crippen LogP contribution in [0.25, 0.3) is 0 Å². The summed E-state index contributed by atoms with van der Waals surface area (Å²) in [6.07, 6.45) is 0. The summed E-state index contributed by atoms with van der Waals surface area (Å²) in [5.74, 6) is -0.395. The zero-order valence-electron chi connectivity index (χ0n) is 10.0. The first-order valence-electron chi connectivity index (χ1n) is 5.41. The van der Waals surface area contributed by atoms with Crippen molar-refractivity contribution >= 4 is 17.7 Å². The van der Waals surface area contributed by atoms with Crippen molar-refractivity contribution in [1.29, 1.82) is 0 Å². The Morgan fingerprint density at radius 3 is 2.61 bits per heavy atom. The average molecular weight is 273 g/mol. The second-order valence-corrected chi connectivity index (χ2v) is 5.22. The van der Waals surface area contributed by atoms with Crippen LogP contribution in [0.15, 0.2) is 29.2 Å². The van der Waals surface area contributed by atoms with Crippen LogP contribution in [0.1, 0.15) is 6.92 Å². The molecule has 0 radical (unpaired) electrons. The molecule has 1 aromatic rings. The van der Waals surface area contributed by atoms with Gasteiger partial charge < -0.3 is 15.5 Å². The number of carbonyl (C=O) groups excluding carboxylic acids is 1.